The van der Waals surface area contributed by atoms with Crippen LogP contribution in [0.25, 0.3) is 0 Å². The van der Waals surface area contributed by atoms with E-state index in [9.17, 15) is 9.59 Å². The van der Waals surface area contributed by atoms with Crippen LogP contribution in [-0.4, -0.2) is 27.4 Å². The van der Waals surface area contributed by atoms with Gasteiger partial charge in [-0.15, -0.1) is 0 Å². The normalized spacial score (nSPS) is 10.9. The third kappa shape index (κ3) is 4.12. The maximum atomic E-state index is 12.5. The summed E-state index contributed by atoms with van der Waals surface area (Å²) in [5, 5.41) is 2.50. The number of nitrogens with zero attached hydrogens (tertiary/aromatic N) is 2. The summed E-state index contributed by atoms with van der Waals surface area (Å²) in [6.07, 6.45) is 3.88. The van der Waals surface area contributed by atoms with Crippen LogP contribution in [0.2, 0.25) is 0 Å². The zero-order valence-electron chi connectivity index (χ0n) is 12.7. The number of aromatic nitrogens is 2. The van der Waals surface area contributed by atoms with Gasteiger partial charge in [0.25, 0.3) is 0 Å². The summed E-state index contributed by atoms with van der Waals surface area (Å²) in [7, 11) is 0. The Balaban J connectivity index is 2.24. The number of ether oxygens (including phenoxy) is 1. The first-order valence-corrected chi connectivity index (χ1v) is 6.76. The minimum Gasteiger partial charge on any atom is -0.444 e. The molecule has 0 aliphatic carbocycles. The predicted molar refractivity (Wildman–Crippen MR) is 81.8 cm³/mol. The molecule has 0 saturated heterocycles. The second kappa shape index (κ2) is 6.34. The average Bonchev–Trinajstić information content (AvgIpc) is 2.46. The van der Waals surface area contributed by atoms with E-state index in [1.54, 1.807) is 51.2 Å². The number of amides is 1. The summed E-state index contributed by atoms with van der Waals surface area (Å²) in [4.78, 5) is 32.3. The van der Waals surface area contributed by atoms with Crippen LogP contribution in [0.5, 0.6) is 0 Å². The molecule has 0 saturated carbocycles. The van der Waals surface area contributed by atoms with Gasteiger partial charge in [0.15, 0.2) is 5.78 Å². The number of anilines is 1. The van der Waals surface area contributed by atoms with Crippen molar-refractivity contribution >= 4 is 17.7 Å². The molecule has 0 fully saturated rings. The number of hydrogen-bond acceptors (Lipinski definition) is 5. The van der Waals surface area contributed by atoms with Gasteiger partial charge >= 0.3 is 6.09 Å². The third-order valence-electron chi connectivity index (χ3n) is 2.60. The first-order chi connectivity index (χ1) is 10.4. The first kappa shape index (κ1) is 15.6. The molecule has 0 bridgehead atoms. The molecule has 0 aliphatic rings. The second-order valence-corrected chi connectivity index (χ2v) is 5.60. The largest absolute Gasteiger partial charge is 0.444 e. The molecule has 6 heteroatoms. The number of hydrogen-bond donors (Lipinski definition) is 1. The van der Waals surface area contributed by atoms with Crippen molar-refractivity contribution in [3.8, 4) is 0 Å². The van der Waals surface area contributed by atoms with Crippen LogP contribution in [-0.2, 0) is 4.74 Å². The number of ketones is 1. The Kier molecular flexibility index (Phi) is 4.50. The first-order valence-electron chi connectivity index (χ1n) is 6.76. The lowest BCUT2D eigenvalue weighted by Crippen LogP contribution is -2.28. The Morgan fingerprint density at radius 3 is 2.50 bits per heavy atom. The van der Waals surface area contributed by atoms with Crippen molar-refractivity contribution in [1.82, 2.24) is 9.97 Å². The molecule has 22 heavy (non-hydrogen) atoms. The number of carbonyl (C=O) groups excluding carboxylic acids is 2. The van der Waals surface area contributed by atoms with Crippen molar-refractivity contribution in [2.24, 2.45) is 0 Å². The van der Waals surface area contributed by atoms with Crippen LogP contribution >= 0.6 is 0 Å². The van der Waals surface area contributed by atoms with E-state index in [4.69, 9.17) is 4.74 Å². The lowest BCUT2D eigenvalue weighted by Gasteiger charge is -2.19. The molecule has 2 rings (SSSR count). The van der Waals surface area contributed by atoms with Crippen LogP contribution in [0.1, 0.15) is 36.7 Å². The Bertz CT molecular complexity index is 679. The molecule has 2 heterocycles. The van der Waals surface area contributed by atoms with E-state index in [1.807, 2.05) is 0 Å². The fourth-order valence-corrected chi connectivity index (χ4v) is 1.74. The monoisotopic (exact) mass is 299 g/mol. The van der Waals surface area contributed by atoms with E-state index in [0.29, 0.717) is 5.56 Å². The molecule has 0 unspecified atom stereocenters. The van der Waals surface area contributed by atoms with Crippen LogP contribution < -0.4 is 5.32 Å². The fraction of sp³-hybridized carbons (Fsp3) is 0.250. The van der Waals surface area contributed by atoms with E-state index >= 15 is 0 Å². The Morgan fingerprint density at radius 1 is 1.14 bits per heavy atom. The van der Waals surface area contributed by atoms with Crippen molar-refractivity contribution in [2.45, 2.75) is 26.4 Å². The molecule has 114 valence electrons. The van der Waals surface area contributed by atoms with Crippen LogP contribution in [0.3, 0.4) is 0 Å². The highest BCUT2D eigenvalue weighted by molar-refractivity contribution is 6.12. The standard InChI is InChI=1S/C16H17N3O3/c1-16(2,3)22-15(21)19-14-12(7-5-9-18-14)13(20)11-6-4-8-17-10-11/h4-10H,1-3H3,(H,18,19,21). The van der Waals surface area contributed by atoms with Crippen molar-refractivity contribution in [3.05, 3.63) is 54.0 Å². The van der Waals surface area contributed by atoms with Crippen LogP contribution in [0.4, 0.5) is 10.6 Å². The lowest BCUT2D eigenvalue weighted by molar-refractivity contribution is 0.0635. The Morgan fingerprint density at radius 2 is 1.86 bits per heavy atom. The van der Waals surface area contributed by atoms with Crippen molar-refractivity contribution in [1.29, 1.82) is 0 Å². The molecule has 2 aromatic heterocycles. The van der Waals surface area contributed by atoms with E-state index in [2.05, 4.69) is 15.3 Å². The smallest absolute Gasteiger partial charge is 0.413 e. The molecule has 1 N–H and O–H groups in total. The Hall–Kier alpha value is -2.76. The van der Waals surface area contributed by atoms with Crippen molar-refractivity contribution in [2.75, 3.05) is 5.32 Å². The lowest BCUT2D eigenvalue weighted by atomic mass is 10.1. The molecule has 2 aromatic rings. The molecular weight excluding hydrogens is 282 g/mol. The van der Waals surface area contributed by atoms with Gasteiger partial charge in [-0.1, -0.05) is 0 Å². The molecule has 1 amide bonds. The number of pyridine rings is 2. The highest BCUT2D eigenvalue weighted by Crippen LogP contribution is 2.17. The van der Waals surface area contributed by atoms with E-state index in [-0.39, 0.29) is 17.2 Å². The van der Waals surface area contributed by atoms with Gasteiger partial charge in [0.05, 0.1) is 5.56 Å². The molecule has 0 radical (unpaired) electrons. The van der Waals surface area contributed by atoms with E-state index in [0.717, 1.165) is 0 Å². The zero-order chi connectivity index (χ0) is 16.2. The third-order valence-corrected chi connectivity index (χ3v) is 2.60. The fourth-order valence-electron chi connectivity index (χ4n) is 1.74. The minimum atomic E-state index is -0.661. The number of rotatable bonds is 3. The van der Waals surface area contributed by atoms with Gasteiger partial charge in [0.1, 0.15) is 11.4 Å². The zero-order valence-corrected chi connectivity index (χ0v) is 12.7. The average molecular weight is 299 g/mol. The Labute approximate surface area is 128 Å². The summed E-state index contributed by atoms with van der Waals surface area (Å²) in [6, 6.07) is 6.54. The summed E-state index contributed by atoms with van der Waals surface area (Å²) in [5.74, 6) is -0.113. The quantitative estimate of drug-likeness (QED) is 0.881. The molecule has 6 nitrogen and oxygen atoms in total. The van der Waals surface area contributed by atoms with Gasteiger partial charge in [0.2, 0.25) is 0 Å². The molecule has 0 spiro atoms. The highest BCUT2D eigenvalue weighted by Gasteiger charge is 2.20. The SMILES string of the molecule is CC(C)(C)OC(=O)Nc1ncccc1C(=O)c1cccnc1. The summed E-state index contributed by atoms with van der Waals surface area (Å²) >= 11 is 0. The minimum absolute atomic E-state index is 0.158. The maximum absolute atomic E-state index is 12.5. The van der Waals surface area contributed by atoms with E-state index in [1.165, 1.54) is 12.4 Å². The highest BCUT2D eigenvalue weighted by atomic mass is 16.6. The number of nitrogens with one attached hydrogen (secondary N) is 1. The molecule has 0 aliphatic heterocycles. The van der Waals surface area contributed by atoms with Crippen molar-refractivity contribution in [3.63, 3.8) is 0 Å². The number of carbonyl (C=O) groups is 2. The molecule has 0 aromatic carbocycles. The second-order valence-electron chi connectivity index (χ2n) is 5.60. The topological polar surface area (TPSA) is 81.2 Å². The molecule has 0 atom stereocenters. The summed E-state index contributed by atoms with van der Waals surface area (Å²) < 4.78 is 5.17. The van der Waals surface area contributed by atoms with Gasteiger partial charge in [0, 0.05) is 24.2 Å². The molecular formula is C16H17N3O3. The van der Waals surface area contributed by atoms with E-state index < -0.39 is 11.7 Å². The van der Waals surface area contributed by atoms with Gasteiger partial charge < -0.3 is 4.74 Å². The van der Waals surface area contributed by atoms with Gasteiger partial charge in [-0.05, 0) is 45.0 Å². The summed E-state index contributed by atoms with van der Waals surface area (Å²) in [5.41, 5.74) is 0.0657. The van der Waals surface area contributed by atoms with Crippen LogP contribution in [0, 0.1) is 0 Å². The summed E-state index contributed by atoms with van der Waals surface area (Å²) in [6.45, 7) is 5.27. The van der Waals surface area contributed by atoms with Crippen molar-refractivity contribution < 1.29 is 14.3 Å². The van der Waals surface area contributed by atoms with Gasteiger partial charge in [-0.2, -0.15) is 0 Å². The van der Waals surface area contributed by atoms with Crippen LogP contribution in [0.15, 0.2) is 42.9 Å². The predicted octanol–water partition coefficient (Wildman–Crippen LogP) is 3.05. The van der Waals surface area contributed by atoms with Gasteiger partial charge in [-0.25, -0.2) is 9.78 Å². The maximum Gasteiger partial charge on any atom is 0.413 e. The van der Waals surface area contributed by atoms with Gasteiger partial charge in [-0.3, -0.25) is 15.1 Å².